The Balaban J connectivity index is 2.22. The third-order valence-electron chi connectivity index (χ3n) is 3.62. The largest absolute Gasteiger partial charge is 0.481 e. The van der Waals surface area contributed by atoms with E-state index in [0.717, 1.165) is 4.90 Å². The third kappa shape index (κ3) is 2.94. The van der Waals surface area contributed by atoms with Gasteiger partial charge in [0.25, 0.3) is 5.91 Å². The molecule has 1 aromatic rings. The molecule has 0 radical (unpaired) electrons. The van der Waals surface area contributed by atoms with Gasteiger partial charge in [0.1, 0.15) is 0 Å². The lowest BCUT2D eigenvalue weighted by atomic mass is 9.99. The highest BCUT2D eigenvalue weighted by molar-refractivity contribution is 7.98. The Labute approximate surface area is 127 Å². The van der Waals surface area contributed by atoms with Gasteiger partial charge in [-0.25, -0.2) is 0 Å². The minimum absolute atomic E-state index is 0.0426. The van der Waals surface area contributed by atoms with Crippen molar-refractivity contribution in [1.82, 2.24) is 4.90 Å². The SMILES string of the molecule is CSc1ccc(Cl)c(C(=O)N2C[C@@H](C)[C@H](C(=O)O)C2)c1. The number of hydrogen-bond acceptors (Lipinski definition) is 3. The van der Waals surface area contributed by atoms with Crippen LogP contribution in [0.2, 0.25) is 5.02 Å². The van der Waals surface area contributed by atoms with E-state index in [1.54, 1.807) is 17.0 Å². The fraction of sp³-hybridized carbons (Fsp3) is 0.429. The fourth-order valence-corrected chi connectivity index (χ4v) is 3.06. The van der Waals surface area contributed by atoms with E-state index < -0.39 is 11.9 Å². The summed E-state index contributed by atoms with van der Waals surface area (Å²) >= 11 is 7.62. The van der Waals surface area contributed by atoms with Crippen LogP contribution >= 0.6 is 23.4 Å². The van der Waals surface area contributed by atoms with Gasteiger partial charge in [-0.3, -0.25) is 9.59 Å². The Hall–Kier alpha value is -1.20. The molecule has 1 amide bonds. The van der Waals surface area contributed by atoms with Crippen molar-refractivity contribution < 1.29 is 14.7 Å². The van der Waals surface area contributed by atoms with E-state index in [2.05, 4.69) is 0 Å². The number of benzene rings is 1. The van der Waals surface area contributed by atoms with E-state index in [9.17, 15) is 9.59 Å². The van der Waals surface area contributed by atoms with Gasteiger partial charge < -0.3 is 10.0 Å². The number of carbonyl (C=O) groups is 2. The van der Waals surface area contributed by atoms with Gasteiger partial charge in [0, 0.05) is 18.0 Å². The van der Waals surface area contributed by atoms with Crippen molar-refractivity contribution in [3.63, 3.8) is 0 Å². The van der Waals surface area contributed by atoms with Crippen LogP contribution in [0.25, 0.3) is 0 Å². The normalized spacial score (nSPS) is 22.1. The van der Waals surface area contributed by atoms with Crippen molar-refractivity contribution in [2.45, 2.75) is 11.8 Å². The van der Waals surface area contributed by atoms with Crippen molar-refractivity contribution in [1.29, 1.82) is 0 Å². The molecule has 6 heteroatoms. The number of thioether (sulfide) groups is 1. The summed E-state index contributed by atoms with van der Waals surface area (Å²) in [5, 5.41) is 9.53. The van der Waals surface area contributed by atoms with Gasteiger partial charge in [0.05, 0.1) is 16.5 Å². The molecular formula is C14H16ClNO3S. The first-order valence-corrected chi connectivity index (χ1v) is 7.90. The molecule has 1 aromatic carbocycles. The average molecular weight is 314 g/mol. The number of hydrogen-bond donors (Lipinski definition) is 1. The minimum Gasteiger partial charge on any atom is -0.481 e. The van der Waals surface area contributed by atoms with Gasteiger partial charge in [-0.2, -0.15) is 0 Å². The first kappa shape index (κ1) is 15.2. The number of amides is 1. The van der Waals surface area contributed by atoms with Gasteiger partial charge in [-0.1, -0.05) is 18.5 Å². The predicted molar refractivity (Wildman–Crippen MR) is 79.4 cm³/mol. The maximum atomic E-state index is 12.5. The number of carbonyl (C=O) groups excluding carboxylic acids is 1. The second-order valence-corrected chi connectivity index (χ2v) is 6.26. The lowest BCUT2D eigenvalue weighted by molar-refractivity contribution is -0.142. The molecule has 20 heavy (non-hydrogen) atoms. The highest BCUT2D eigenvalue weighted by Gasteiger charge is 2.37. The second kappa shape index (κ2) is 6.06. The van der Waals surface area contributed by atoms with E-state index in [-0.39, 0.29) is 18.4 Å². The number of likely N-dealkylation sites (tertiary alicyclic amines) is 1. The Bertz CT molecular complexity index is 549. The quantitative estimate of drug-likeness (QED) is 0.872. The van der Waals surface area contributed by atoms with Crippen LogP contribution in [0.5, 0.6) is 0 Å². The van der Waals surface area contributed by atoms with Crippen LogP contribution in [0.3, 0.4) is 0 Å². The zero-order valence-electron chi connectivity index (χ0n) is 11.3. The van der Waals surface area contributed by atoms with E-state index in [1.165, 1.54) is 11.8 Å². The average Bonchev–Trinajstić information content (AvgIpc) is 2.81. The van der Waals surface area contributed by atoms with Crippen molar-refractivity contribution in [2.75, 3.05) is 19.3 Å². The third-order valence-corrected chi connectivity index (χ3v) is 4.68. The first-order valence-electron chi connectivity index (χ1n) is 6.29. The topological polar surface area (TPSA) is 57.6 Å². The smallest absolute Gasteiger partial charge is 0.308 e. The molecule has 1 saturated heterocycles. The number of carboxylic acid groups (broad SMARTS) is 1. The van der Waals surface area contributed by atoms with Crippen LogP contribution in [0.15, 0.2) is 23.1 Å². The molecule has 2 rings (SSSR count). The molecular weight excluding hydrogens is 298 g/mol. The molecule has 1 N–H and O–H groups in total. The van der Waals surface area contributed by atoms with Crippen molar-refractivity contribution in [2.24, 2.45) is 11.8 Å². The Morgan fingerprint density at radius 1 is 1.40 bits per heavy atom. The van der Waals surface area contributed by atoms with Crippen molar-refractivity contribution in [3.05, 3.63) is 28.8 Å². The highest BCUT2D eigenvalue weighted by atomic mass is 35.5. The Morgan fingerprint density at radius 2 is 2.10 bits per heavy atom. The molecule has 0 bridgehead atoms. The summed E-state index contributed by atoms with van der Waals surface area (Å²) in [7, 11) is 0. The zero-order chi connectivity index (χ0) is 14.9. The summed E-state index contributed by atoms with van der Waals surface area (Å²) in [5.41, 5.74) is 0.441. The molecule has 2 atom stereocenters. The van der Waals surface area contributed by atoms with Crippen LogP contribution in [0.4, 0.5) is 0 Å². The van der Waals surface area contributed by atoms with E-state index in [4.69, 9.17) is 16.7 Å². The van der Waals surface area contributed by atoms with Gasteiger partial charge in [-0.15, -0.1) is 11.8 Å². The molecule has 0 spiro atoms. The summed E-state index contributed by atoms with van der Waals surface area (Å²) in [6.07, 6.45) is 1.93. The lowest BCUT2D eigenvalue weighted by Crippen LogP contribution is -2.30. The van der Waals surface area contributed by atoms with Gasteiger partial charge in [0.15, 0.2) is 0 Å². The monoisotopic (exact) mass is 313 g/mol. The Kier molecular flexibility index (Phi) is 4.60. The second-order valence-electron chi connectivity index (χ2n) is 4.98. The summed E-state index contributed by atoms with van der Waals surface area (Å²) < 4.78 is 0. The van der Waals surface area contributed by atoms with Crippen LogP contribution in [0, 0.1) is 11.8 Å². The van der Waals surface area contributed by atoms with Gasteiger partial charge in [0.2, 0.25) is 0 Å². The molecule has 1 aliphatic rings. The van der Waals surface area contributed by atoms with E-state index in [1.807, 2.05) is 19.2 Å². The standard InChI is InChI=1S/C14H16ClNO3S/c1-8-6-16(7-11(8)14(18)19)13(17)10-5-9(20-2)3-4-12(10)15/h3-5,8,11H,6-7H2,1-2H3,(H,18,19)/t8-,11-/m1/s1. The molecule has 1 fully saturated rings. The molecule has 0 aromatic heterocycles. The van der Waals surface area contributed by atoms with Crippen molar-refractivity contribution in [3.8, 4) is 0 Å². The molecule has 0 unspecified atom stereocenters. The predicted octanol–water partition coefficient (Wildman–Crippen LogP) is 2.85. The maximum absolute atomic E-state index is 12.5. The molecule has 0 saturated carbocycles. The van der Waals surface area contributed by atoms with Crippen LogP contribution in [-0.2, 0) is 4.79 Å². The van der Waals surface area contributed by atoms with Gasteiger partial charge in [-0.05, 0) is 30.4 Å². The molecule has 1 aliphatic heterocycles. The maximum Gasteiger partial charge on any atom is 0.308 e. The summed E-state index contributed by atoms with van der Waals surface area (Å²) in [6.45, 7) is 2.55. The van der Waals surface area contributed by atoms with Gasteiger partial charge >= 0.3 is 5.97 Å². The summed E-state index contributed by atoms with van der Waals surface area (Å²) in [6, 6.07) is 5.32. The minimum atomic E-state index is -0.850. The number of halogens is 1. The lowest BCUT2D eigenvalue weighted by Gasteiger charge is -2.17. The van der Waals surface area contributed by atoms with Crippen LogP contribution in [0.1, 0.15) is 17.3 Å². The number of rotatable bonds is 3. The Morgan fingerprint density at radius 3 is 2.65 bits per heavy atom. The highest BCUT2D eigenvalue weighted by Crippen LogP contribution is 2.28. The number of nitrogens with zero attached hydrogens (tertiary/aromatic N) is 1. The van der Waals surface area contributed by atoms with Crippen LogP contribution in [-0.4, -0.2) is 41.2 Å². The first-order chi connectivity index (χ1) is 9.43. The molecule has 4 nitrogen and oxygen atoms in total. The molecule has 108 valence electrons. The number of carboxylic acids is 1. The molecule has 0 aliphatic carbocycles. The van der Waals surface area contributed by atoms with E-state index in [0.29, 0.717) is 17.1 Å². The summed E-state index contributed by atoms with van der Waals surface area (Å²) in [5.74, 6) is -1.58. The number of aliphatic carboxylic acids is 1. The zero-order valence-corrected chi connectivity index (χ0v) is 12.9. The fourth-order valence-electron chi connectivity index (χ4n) is 2.42. The molecule has 1 heterocycles. The van der Waals surface area contributed by atoms with Crippen molar-refractivity contribution >= 4 is 35.2 Å². The van der Waals surface area contributed by atoms with E-state index >= 15 is 0 Å². The summed E-state index contributed by atoms with van der Waals surface area (Å²) in [4.78, 5) is 26.1. The van der Waals surface area contributed by atoms with Crippen LogP contribution < -0.4 is 0 Å².